The van der Waals surface area contributed by atoms with Gasteiger partial charge in [0.05, 0.1) is 6.33 Å². The Balaban J connectivity index is 2.84. The van der Waals surface area contributed by atoms with Crippen molar-refractivity contribution in [2.24, 2.45) is 0 Å². The third-order valence-corrected chi connectivity index (χ3v) is 3.03. The topological polar surface area (TPSA) is 64.0 Å². The highest BCUT2D eigenvalue weighted by atomic mass is 79.9. The molecule has 0 saturated carbocycles. The highest BCUT2D eigenvalue weighted by molar-refractivity contribution is 9.10. The summed E-state index contributed by atoms with van der Waals surface area (Å²) in [6.07, 6.45) is 1.55. The van der Waals surface area contributed by atoms with E-state index in [4.69, 9.17) is 11.6 Å². The fraction of sp³-hybridized carbons (Fsp3) is 0.375. The van der Waals surface area contributed by atoms with Crippen molar-refractivity contribution in [3.63, 3.8) is 0 Å². The Morgan fingerprint density at radius 1 is 1.73 bits per heavy atom. The summed E-state index contributed by atoms with van der Waals surface area (Å²) in [4.78, 5) is 26.3. The summed E-state index contributed by atoms with van der Waals surface area (Å²) in [5, 5.41) is 2.59. The fourth-order valence-electron chi connectivity index (χ4n) is 0.950. The number of nitrogens with zero attached hydrogens (tertiary/aromatic N) is 2. The molecule has 0 aliphatic rings. The maximum absolute atomic E-state index is 11.6. The van der Waals surface area contributed by atoms with E-state index in [9.17, 15) is 9.59 Å². The quantitative estimate of drug-likeness (QED) is 0.839. The lowest BCUT2D eigenvalue weighted by molar-refractivity contribution is -0.120. The van der Waals surface area contributed by atoms with Crippen LogP contribution >= 0.6 is 27.5 Å². The highest BCUT2D eigenvalue weighted by Gasteiger charge is 2.07. The van der Waals surface area contributed by atoms with Crippen molar-refractivity contribution >= 4 is 33.4 Å². The maximum Gasteiger partial charge on any atom is 0.269 e. The summed E-state index contributed by atoms with van der Waals surface area (Å²) in [5.41, 5.74) is -0.293. The number of carbonyl (C=O) groups excluding carboxylic acids is 1. The lowest BCUT2D eigenvalue weighted by Crippen LogP contribution is -2.25. The normalized spacial score (nSPS) is 10.1. The first-order valence-corrected chi connectivity index (χ1v) is 5.34. The van der Waals surface area contributed by atoms with Crippen LogP contribution in [0.3, 0.4) is 0 Å². The minimum Gasteiger partial charge on any atom is -0.359 e. The fourth-order valence-corrected chi connectivity index (χ4v) is 1.40. The molecule has 1 N–H and O–H groups in total. The van der Waals surface area contributed by atoms with E-state index in [1.807, 2.05) is 0 Å². The summed E-state index contributed by atoms with van der Waals surface area (Å²) < 4.78 is 1.54. The van der Waals surface area contributed by atoms with E-state index in [0.29, 0.717) is 0 Å². The minimum absolute atomic E-state index is 0.121. The van der Waals surface area contributed by atoms with Gasteiger partial charge in [0.2, 0.25) is 5.91 Å². The molecule has 1 amide bonds. The molecule has 0 aromatic carbocycles. The number of amides is 1. The molecule has 1 rings (SSSR count). The van der Waals surface area contributed by atoms with Gasteiger partial charge in [0, 0.05) is 20.0 Å². The summed E-state index contributed by atoms with van der Waals surface area (Å²) in [6.45, 7) is 0.279. The molecule has 0 bridgehead atoms. The Morgan fingerprint density at radius 3 is 3.00 bits per heavy atom. The van der Waals surface area contributed by atoms with E-state index < -0.39 is 0 Å². The number of aryl methyl sites for hydroxylation is 1. The molecule has 0 aliphatic carbocycles. The molecule has 15 heavy (non-hydrogen) atoms. The number of hydrogen-bond acceptors (Lipinski definition) is 3. The molecule has 1 aromatic rings. The van der Waals surface area contributed by atoms with Crippen LogP contribution in [0, 0.1) is 0 Å². The average molecular weight is 295 g/mol. The first-order valence-electron chi connectivity index (χ1n) is 4.17. The van der Waals surface area contributed by atoms with Crippen LogP contribution in [0.1, 0.15) is 6.42 Å². The second-order valence-corrected chi connectivity index (χ2v) is 3.92. The van der Waals surface area contributed by atoms with E-state index in [2.05, 4.69) is 26.2 Å². The zero-order chi connectivity index (χ0) is 11.4. The Kier molecular flexibility index (Phi) is 4.28. The van der Waals surface area contributed by atoms with Crippen molar-refractivity contribution in [3.05, 3.63) is 26.3 Å². The SMILES string of the molecule is CNC(=O)CCn1cnc(Cl)c(Br)c1=O. The van der Waals surface area contributed by atoms with Crippen molar-refractivity contribution in [1.29, 1.82) is 0 Å². The highest BCUT2D eigenvalue weighted by Crippen LogP contribution is 2.13. The molecule has 1 aromatic heterocycles. The van der Waals surface area contributed by atoms with Crippen LogP contribution in [0.2, 0.25) is 5.15 Å². The predicted molar refractivity (Wildman–Crippen MR) is 59.9 cm³/mol. The van der Waals surface area contributed by atoms with Crippen LogP contribution in [-0.2, 0) is 11.3 Å². The Labute approximate surface area is 99.6 Å². The first-order chi connectivity index (χ1) is 7.06. The number of nitrogens with one attached hydrogen (secondary N) is 1. The second-order valence-electron chi connectivity index (χ2n) is 2.77. The second kappa shape index (κ2) is 5.27. The van der Waals surface area contributed by atoms with Gasteiger partial charge < -0.3 is 5.32 Å². The Bertz CT molecular complexity index is 432. The van der Waals surface area contributed by atoms with E-state index in [1.54, 1.807) is 7.05 Å². The molecule has 0 saturated heterocycles. The van der Waals surface area contributed by atoms with Gasteiger partial charge in [-0.05, 0) is 15.9 Å². The molecular weight excluding hydrogens is 285 g/mol. The Morgan fingerprint density at radius 2 is 2.40 bits per heavy atom. The molecule has 0 unspecified atom stereocenters. The maximum atomic E-state index is 11.6. The molecule has 82 valence electrons. The number of halogens is 2. The van der Waals surface area contributed by atoms with Gasteiger partial charge in [0.25, 0.3) is 5.56 Å². The van der Waals surface area contributed by atoms with Gasteiger partial charge in [-0.25, -0.2) is 4.98 Å². The van der Waals surface area contributed by atoms with E-state index in [0.717, 1.165) is 0 Å². The summed E-state index contributed by atoms with van der Waals surface area (Å²) in [7, 11) is 1.54. The van der Waals surface area contributed by atoms with Crippen LogP contribution in [0.4, 0.5) is 0 Å². The standard InChI is InChI=1S/C8H9BrClN3O2/c1-11-5(14)2-3-13-4-12-7(10)6(9)8(13)15/h4H,2-3H2,1H3,(H,11,14). The lowest BCUT2D eigenvalue weighted by atomic mass is 10.4. The van der Waals surface area contributed by atoms with Crippen LogP contribution in [-0.4, -0.2) is 22.5 Å². The molecule has 0 fully saturated rings. The minimum atomic E-state index is -0.293. The molecule has 0 spiro atoms. The molecule has 7 heteroatoms. The van der Waals surface area contributed by atoms with Gasteiger partial charge in [-0.1, -0.05) is 11.6 Å². The average Bonchev–Trinajstić information content (AvgIpc) is 2.24. The molecule has 0 radical (unpaired) electrons. The number of aromatic nitrogens is 2. The van der Waals surface area contributed by atoms with Gasteiger partial charge in [0.1, 0.15) is 4.47 Å². The van der Waals surface area contributed by atoms with Crippen LogP contribution in [0.5, 0.6) is 0 Å². The smallest absolute Gasteiger partial charge is 0.269 e. The van der Waals surface area contributed by atoms with Crippen molar-refractivity contribution in [2.75, 3.05) is 7.05 Å². The summed E-state index contributed by atoms with van der Waals surface area (Å²) in [5.74, 6) is -0.132. The van der Waals surface area contributed by atoms with Crippen LogP contribution < -0.4 is 10.9 Å². The van der Waals surface area contributed by atoms with E-state index >= 15 is 0 Å². The van der Waals surface area contributed by atoms with Gasteiger partial charge in [-0.3, -0.25) is 14.2 Å². The monoisotopic (exact) mass is 293 g/mol. The third-order valence-electron chi connectivity index (χ3n) is 1.80. The van der Waals surface area contributed by atoms with Gasteiger partial charge in [-0.15, -0.1) is 0 Å². The van der Waals surface area contributed by atoms with Gasteiger partial charge in [-0.2, -0.15) is 0 Å². The lowest BCUT2D eigenvalue weighted by Gasteiger charge is -2.05. The summed E-state index contributed by atoms with van der Waals surface area (Å²) in [6, 6.07) is 0. The number of carbonyl (C=O) groups is 1. The van der Waals surface area contributed by atoms with Crippen LogP contribution in [0.25, 0.3) is 0 Å². The molecule has 0 aliphatic heterocycles. The predicted octanol–water partition coefficient (Wildman–Crippen LogP) is 0.795. The summed E-state index contributed by atoms with van der Waals surface area (Å²) >= 11 is 8.65. The van der Waals surface area contributed by atoms with E-state index in [1.165, 1.54) is 10.9 Å². The molecular formula is C8H9BrClN3O2. The van der Waals surface area contributed by atoms with Crippen molar-refractivity contribution in [1.82, 2.24) is 14.9 Å². The van der Waals surface area contributed by atoms with Crippen molar-refractivity contribution in [2.45, 2.75) is 13.0 Å². The Hall–Kier alpha value is -0.880. The van der Waals surface area contributed by atoms with Gasteiger partial charge >= 0.3 is 0 Å². The number of hydrogen-bond donors (Lipinski definition) is 1. The number of rotatable bonds is 3. The molecule has 5 nitrogen and oxygen atoms in total. The third kappa shape index (κ3) is 3.04. The first kappa shape index (κ1) is 12.2. The zero-order valence-corrected chi connectivity index (χ0v) is 10.3. The largest absolute Gasteiger partial charge is 0.359 e. The van der Waals surface area contributed by atoms with Crippen molar-refractivity contribution < 1.29 is 4.79 Å². The zero-order valence-electron chi connectivity index (χ0n) is 7.96. The molecule has 1 heterocycles. The van der Waals surface area contributed by atoms with Crippen LogP contribution in [0.15, 0.2) is 15.6 Å². The van der Waals surface area contributed by atoms with E-state index in [-0.39, 0.29) is 34.1 Å². The van der Waals surface area contributed by atoms with Crippen molar-refractivity contribution in [3.8, 4) is 0 Å². The molecule has 0 atom stereocenters. The van der Waals surface area contributed by atoms with Gasteiger partial charge in [0.15, 0.2) is 5.15 Å².